The van der Waals surface area contributed by atoms with Crippen LogP contribution in [0.2, 0.25) is 0 Å². The molecule has 2 fully saturated rings. The summed E-state index contributed by atoms with van der Waals surface area (Å²) in [6, 6.07) is 31.4. The van der Waals surface area contributed by atoms with E-state index in [9.17, 15) is 4.79 Å². The Morgan fingerprint density at radius 2 is 1.50 bits per heavy atom. The molecule has 0 bridgehead atoms. The molecular weight excluding hydrogens is 548 g/mol. The summed E-state index contributed by atoms with van der Waals surface area (Å²) < 4.78 is 18.1. The SMILES string of the molecule is COc1cc(Cc2ccc(OCc3ccccc3)cc2-c2ccc(OCCN3CCCC3)cc2)ccc1CN1CCCC1=O. The minimum Gasteiger partial charge on any atom is -0.496 e. The van der Waals surface area contributed by atoms with Crippen molar-refractivity contribution in [2.75, 3.05) is 39.9 Å². The van der Waals surface area contributed by atoms with Crippen molar-refractivity contribution >= 4 is 5.91 Å². The van der Waals surface area contributed by atoms with Crippen molar-refractivity contribution in [3.63, 3.8) is 0 Å². The first-order valence-corrected chi connectivity index (χ1v) is 15.8. The largest absolute Gasteiger partial charge is 0.496 e. The maximum atomic E-state index is 12.2. The van der Waals surface area contributed by atoms with Gasteiger partial charge in [-0.15, -0.1) is 0 Å². The van der Waals surface area contributed by atoms with Gasteiger partial charge in [-0.2, -0.15) is 0 Å². The van der Waals surface area contributed by atoms with E-state index in [-0.39, 0.29) is 5.91 Å². The topological polar surface area (TPSA) is 51.2 Å². The van der Waals surface area contributed by atoms with Gasteiger partial charge in [-0.05, 0) is 96.9 Å². The molecule has 2 aliphatic rings. The number of benzene rings is 4. The number of hydrogen-bond donors (Lipinski definition) is 0. The van der Waals surface area contributed by atoms with Crippen molar-refractivity contribution in [3.8, 4) is 28.4 Å². The fraction of sp³-hybridized carbons (Fsp3) is 0.342. The Bertz CT molecular complexity index is 1530. The van der Waals surface area contributed by atoms with Crippen molar-refractivity contribution in [1.29, 1.82) is 0 Å². The fourth-order valence-corrected chi connectivity index (χ4v) is 6.16. The lowest BCUT2D eigenvalue weighted by atomic mass is 9.94. The highest BCUT2D eigenvalue weighted by Crippen LogP contribution is 2.33. The van der Waals surface area contributed by atoms with Crippen molar-refractivity contribution in [2.45, 2.75) is 45.3 Å². The van der Waals surface area contributed by atoms with Crippen LogP contribution >= 0.6 is 0 Å². The minimum absolute atomic E-state index is 0.221. The van der Waals surface area contributed by atoms with Crippen LogP contribution in [0.1, 0.15) is 47.9 Å². The normalized spacial score (nSPS) is 15.1. The first-order valence-electron chi connectivity index (χ1n) is 15.8. The lowest BCUT2D eigenvalue weighted by Gasteiger charge is -2.19. The number of carbonyl (C=O) groups is 1. The average molecular weight is 591 g/mol. The Morgan fingerprint density at radius 1 is 0.727 bits per heavy atom. The Kier molecular flexibility index (Phi) is 9.78. The van der Waals surface area contributed by atoms with E-state index < -0.39 is 0 Å². The predicted octanol–water partition coefficient (Wildman–Crippen LogP) is 7.13. The number of nitrogens with zero attached hydrogens (tertiary/aromatic N) is 2. The Hall–Kier alpha value is -4.29. The maximum absolute atomic E-state index is 12.2. The number of amides is 1. The molecule has 0 aromatic heterocycles. The number of hydrogen-bond acceptors (Lipinski definition) is 5. The van der Waals surface area contributed by atoms with Crippen LogP contribution in [0.4, 0.5) is 0 Å². The van der Waals surface area contributed by atoms with Gasteiger partial charge in [0.25, 0.3) is 0 Å². The van der Waals surface area contributed by atoms with Gasteiger partial charge in [-0.3, -0.25) is 9.69 Å². The van der Waals surface area contributed by atoms with Crippen LogP contribution in [0, 0.1) is 0 Å². The molecule has 2 aliphatic heterocycles. The summed E-state index contributed by atoms with van der Waals surface area (Å²) in [5.41, 5.74) is 6.77. The number of rotatable bonds is 13. The van der Waals surface area contributed by atoms with E-state index in [1.807, 2.05) is 23.1 Å². The lowest BCUT2D eigenvalue weighted by molar-refractivity contribution is -0.128. The van der Waals surface area contributed by atoms with Gasteiger partial charge in [-0.25, -0.2) is 0 Å². The number of ether oxygens (including phenoxy) is 3. The number of likely N-dealkylation sites (tertiary alicyclic amines) is 2. The van der Waals surface area contributed by atoms with E-state index in [4.69, 9.17) is 14.2 Å². The molecule has 2 saturated heterocycles. The van der Waals surface area contributed by atoms with Crippen molar-refractivity contribution < 1.29 is 19.0 Å². The highest BCUT2D eigenvalue weighted by Gasteiger charge is 2.21. The van der Waals surface area contributed by atoms with Crippen molar-refractivity contribution in [2.24, 2.45) is 0 Å². The van der Waals surface area contributed by atoms with Crippen LogP contribution in [0.3, 0.4) is 0 Å². The molecule has 2 heterocycles. The summed E-state index contributed by atoms with van der Waals surface area (Å²) in [6.07, 6.45) is 4.89. The van der Waals surface area contributed by atoms with Crippen molar-refractivity contribution in [3.05, 3.63) is 113 Å². The zero-order chi connectivity index (χ0) is 30.1. The Labute approximate surface area is 261 Å². The second-order valence-corrected chi connectivity index (χ2v) is 11.8. The summed E-state index contributed by atoms with van der Waals surface area (Å²) >= 11 is 0. The van der Waals surface area contributed by atoms with E-state index in [1.165, 1.54) is 31.5 Å². The molecule has 6 nitrogen and oxygen atoms in total. The van der Waals surface area contributed by atoms with E-state index in [0.717, 1.165) is 71.0 Å². The molecular formula is C38H42N2O4. The third kappa shape index (κ3) is 7.61. The molecule has 1 amide bonds. The van der Waals surface area contributed by atoms with E-state index in [0.29, 0.717) is 26.2 Å². The molecule has 228 valence electrons. The molecule has 6 rings (SSSR count). The third-order valence-corrected chi connectivity index (χ3v) is 8.65. The summed E-state index contributed by atoms with van der Waals surface area (Å²) in [4.78, 5) is 16.6. The zero-order valence-corrected chi connectivity index (χ0v) is 25.7. The number of carbonyl (C=O) groups excluding carboxylic acids is 1. The van der Waals surface area contributed by atoms with E-state index in [2.05, 4.69) is 77.7 Å². The van der Waals surface area contributed by atoms with Gasteiger partial charge in [0.15, 0.2) is 0 Å². The molecule has 44 heavy (non-hydrogen) atoms. The average Bonchev–Trinajstić information content (AvgIpc) is 3.74. The highest BCUT2D eigenvalue weighted by atomic mass is 16.5. The quantitative estimate of drug-likeness (QED) is 0.166. The first kappa shape index (κ1) is 29.8. The van der Waals surface area contributed by atoms with Gasteiger partial charge in [-0.1, -0.05) is 60.7 Å². The van der Waals surface area contributed by atoms with Gasteiger partial charge < -0.3 is 19.1 Å². The van der Waals surface area contributed by atoms with E-state index in [1.54, 1.807) is 7.11 Å². The van der Waals surface area contributed by atoms with Gasteiger partial charge >= 0.3 is 0 Å². The molecule has 0 saturated carbocycles. The van der Waals surface area contributed by atoms with Crippen LogP contribution in [0.15, 0.2) is 91.0 Å². The fourth-order valence-electron chi connectivity index (χ4n) is 6.16. The third-order valence-electron chi connectivity index (χ3n) is 8.65. The van der Waals surface area contributed by atoms with Crippen LogP contribution in [-0.2, 0) is 24.4 Å². The molecule has 0 atom stereocenters. The summed E-state index contributed by atoms with van der Waals surface area (Å²) in [7, 11) is 1.70. The summed E-state index contributed by atoms with van der Waals surface area (Å²) in [5.74, 6) is 2.77. The standard InChI is InChI=1S/C38H42N2O4/c1-42-37-25-30(11-12-33(37)27-40-21-7-10-38(40)41)24-32-15-18-35(44-28-29-8-3-2-4-9-29)26-36(32)31-13-16-34(17-14-31)43-23-22-39-19-5-6-20-39/h2-4,8-9,11-18,25-26H,5-7,10,19-24,27-28H2,1H3. The maximum Gasteiger partial charge on any atom is 0.222 e. The van der Waals surface area contributed by atoms with E-state index >= 15 is 0 Å². The van der Waals surface area contributed by atoms with Crippen molar-refractivity contribution in [1.82, 2.24) is 9.80 Å². The monoisotopic (exact) mass is 590 g/mol. The molecule has 0 N–H and O–H groups in total. The van der Waals surface area contributed by atoms with Gasteiger partial charge in [0.05, 0.1) is 7.11 Å². The second-order valence-electron chi connectivity index (χ2n) is 11.8. The Balaban J connectivity index is 1.21. The molecule has 0 radical (unpaired) electrons. The lowest BCUT2D eigenvalue weighted by Crippen LogP contribution is -2.25. The molecule has 0 spiro atoms. The second kappa shape index (κ2) is 14.5. The van der Waals surface area contributed by atoms with Crippen LogP contribution in [0.5, 0.6) is 17.2 Å². The molecule has 4 aromatic carbocycles. The zero-order valence-electron chi connectivity index (χ0n) is 25.7. The number of methoxy groups -OCH3 is 1. The Morgan fingerprint density at radius 3 is 2.25 bits per heavy atom. The summed E-state index contributed by atoms with van der Waals surface area (Å²) in [5, 5.41) is 0. The first-order chi connectivity index (χ1) is 21.6. The molecule has 0 aliphatic carbocycles. The van der Waals surface area contributed by atoms with Gasteiger partial charge in [0, 0.05) is 31.6 Å². The highest BCUT2D eigenvalue weighted by molar-refractivity contribution is 5.78. The van der Waals surface area contributed by atoms with Gasteiger partial charge in [0.2, 0.25) is 5.91 Å². The summed E-state index contributed by atoms with van der Waals surface area (Å²) in [6.45, 7) is 5.96. The molecule has 6 heteroatoms. The molecule has 0 unspecified atom stereocenters. The van der Waals surface area contributed by atoms with Crippen LogP contribution in [0.25, 0.3) is 11.1 Å². The van der Waals surface area contributed by atoms with Crippen LogP contribution < -0.4 is 14.2 Å². The minimum atomic E-state index is 0.221. The molecule has 4 aromatic rings. The van der Waals surface area contributed by atoms with Crippen LogP contribution in [-0.4, -0.2) is 55.6 Å². The van der Waals surface area contributed by atoms with Gasteiger partial charge in [0.1, 0.15) is 30.5 Å². The predicted molar refractivity (Wildman–Crippen MR) is 174 cm³/mol. The smallest absolute Gasteiger partial charge is 0.222 e.